The molecule has 1 aromatic carbocycles. The highest BCUT2D eigenvalue weighted by atomic mass is 16.6. The quantitative estimate of drug-likeness (QED) is 0.613. The Labute approximate surface area is 110 Å². The van der Waals surface area contributed by atoms with Gasteiger partial charge in [-0.15, -0.1) is 0 Å². The van der Waals surface area contributed by atoms with Crippen LogP contribution in [0, 0.1) is 10.1 Å². The molecule has 0 aliphatic carbocycles. The molecular formula is C12H15N5O2. The molecule has 2 rings (SSSR count). The van der Waals surface area contributed by atoms with E-state index in [1.165, 1.54) is 12.1 Å². The van der Waals surface area contributed by atoms with E-state index in [1.807, 2.05) is 18.3 Å². The first-order chi connectivity index (χ1) is 9.19. The molecule has 0 saturated heterocycles. The highest BCUT2D eigenvalue weighted by molar-refractivity contribution is 5.63. The maximum atomic E-state index is 10.8. The average Bonchev–Trinajstić information content (AvgIpc) is 2.91. The molecule has 2 aromatic rings. The summed E-state index contributed by atoms with van der Waals surface area (Å²) in [5.74, 6) is 0. The first-order valence-electron chi connectivity index (χ1n) is 5.87. The van der Waals surface area contributed by atoms with Crippen LogP contribution in [0.2, 0.25) is 0 Å². The molecule has 0 saturated carbocycles. The van der Waals surface area contributed by atoms with Crippen molar-refractivity contribution in [1.29, 1.82) is 0 Å². The van der Waals surface area contributed by atoms with Crippen molar-refractivity contribution in [2.24, 2.45) is 0 Å². The fourth-order valence-corrected chi connectivity index (χ4v) is 1.71. The van der Waals surface area contributed by atoms with Crippen LogP contribution in [0.15, 0.2) is 36.7 Å². The van der Waals surface area contributed by atoms with Gasteiger partial charge in [0.1, 0.15) is 0 Å². The Hall–Kier alpha value is -2.57. The molecule has 0 atom stereocenters. The molecule has 0 fully saturated rings. The van der Waals surface area contributed by atoms with Crippen LogP contribution < -0.4 is 10.6 Å². The van der Waals surface area contributed by atoms with E-state index in [0.29, 0.717) is 24.5 Å². The van der Waals surface area contributed by atoms with Gasteiger partial charge in [-0.05, 0) is 12.1 Å². The number of nitro groups is 1. The summed E-state index contributed by atoms with van der Waals surface area (Å²) in [4.78, 5) is 10.4. The topological polar surface area (TPSA) is 85.0 Å². The van der Waals surface area contributed by atoms with E-state index in [-0.39, 0.29) is 5.69 Å². The first kappa shape index (κ1) is 12.9. The molecule has 1 heterocycles. The Balaban J connectivity index is 2.02. The van der Waals surface area contributed by atoms with Gasteiger partial charge >= 0.3 is 0 Å². The predicted molar refractivity (Wildman–Crippen MR) is 73.4 cm³/mol. The third-order valence-electron chi connectivity index (χ3n) is 2.65. The monoisotopic (exact) mass is 261 g/mol. The minimum Gasteiger partial charge on any atom is -0.388 e. The van der Waals surface area contributed by atoms with Gasteiger partial charge in [0.25, 0.3) is 5.69 Å². The summed E-state index contributed by atoms with van der Waals surface area (Å²) in [6.07, 6.45) is 3.58. The second-order valence-electron chi connectivity index (χ2n) is 3.97. The maximum Gasteiger partial charge on any atom is 0.273 e. The van der Waals surface area contributed by atoms with Gasteiger partial charge in [0.15, 0.2) is 0 Å². The number of anilines is 2. The van der Waals surface area contributed by atoms with Crippen molar-refractivity contribution in [3.05, 3.63) is 46.8 Å². The van der Waals surface area contributed by atoms with Crippen LogP contribution >= 0.6 is 0 Å². The van der Waals surface area contributed by atoms with E-state index in [4.69, 9.17) is 0 Å². The Bertz CT molecular complexity index is 553. The maximum absolute atomic E-state index is 10.8. The van der Waals surface area contributed by atoms with E-state index in [2.05, 4.69) is 15.7 Å². The molecule has 100 valence electrons. The van der Waals surface area contributed by atoms with Gasteiger partial charge in [0.2, 0.25) is 0 Å². The van der Waals surface area contributed by atoms with Crippen LogP contribution in [-0.2, 0) is 6.54 Å². The number of nitro benzene ring substituents is 1. The summed E-state index contributed by atoms with van der Waals surface area (Å²) in [7, 11) is 1.73. The zero-order valence-corrected chi connectivity index (χ0v) is 10.5. The number of aromatic nitrogens is 2. The van der Waals surface area contributed by atoms with Crippen LogP contribution in [0.5, 0.6) is 0 Å². The summed E-state index contributed by atoms with van der Waals surface area (Å²) in [5, 5.41) is 21.0. The fraction of sp³-hybridized carbons (Fsp3) is 0.250. The zero-order valence-electron chi connectivity index (χ0n) is 10.5. The number of nitrogens with one attached hydrogen (secondary N) is 2. The second-order valence-corrected chi connectivity index (χ2v) is 3.97. The Morgan fingerprint density at radius 2 is 2.16 bits per heavy atom. The van der Waals surface area contributed by atoms with Crippen LogP contribution in [0.25, 0.3) is 0 Å². The van der Waals surface area contributed by atoms with Crippen molar-refractivity contribution in [3.63, 3.8) is 0 Å². The lowest BCUT2D eigenvalue weighted by molar-refractivity contribution is -0.384. The lowest BCUT2D eigenvalue weighted by Crippen LogP contribution is -2.11. The summed E-state index contributed by atoms with van der Waals surface area (Å²) in [5.41, 5.74) is 1.48. The average molecular weight is 261 g/mol. The van der Waals surface area contributed by atoms with E-state index in [1.54, 1.807) is 17.9 Å². The third-order valence-corrected chi connectivity index (χ3v) is 2.65. The van der Waals surface area contributed by atoms with Crippen molar-refractivity contribution in [1.82, 2.24) is 9.78 Å². The second kappa shape index (κ2) is 5.85. The normalized spacial score (nSPS) is 10.2. The molecule has 0 bridgehead atoms. The SMILES string of the molecule is CNc1cc(NCCn2cccn2)cc([N+](=O)[O-])c1. The molecule has 1 aromatic heterocycles. The largest absolute Gasteiger partial charge is 0.388 e. The highest BCUT2D eigenvalue weighted by Crippen LogP contribution is 2.23. The number of non-ortho nitro benzene ring substituents is 1. The smallest absolute Gasteiger partial charge is 0.273 e. The highest BCUT2D eigenvalue weighted by Gasteiger charge is 2.08. The molecule has 2 N–H and O–H groups in total. The Morgan fingerprint density at radius 3 is 2.79 bits per heavy atom. The Kier molecular flexibility index (Phi) is 3.97. The molecule has 0 aliphatic heterocycles. The minimum absolute atomic E-state index is 0.0634. The van der Waals surface area contributed by atoms with Crippen LogP contribution in [0.3, 0.4) is 0 Å². The molecule has 0 aliphatic rings. The fourth-order valence-electron chi connectivity index (χ4n) is 1.71. The number of nitrogens with zero attached hydrogens (tertiary/aromatic N) is 3. The molecule has 7 nitrogen and oxygen atoms in total. The molecule has 0 unspecified atom stereocenters. The van der Waals surface area contributed by atoms with Crippen molar-refractivity contribution < 1.29 is 4.92 Å². The van der Waals surface area contributed by atoms with Gasteiger partial charge < -0.3 is 10.6 Å². The van der Waals surface area contributed by atoms with Crippen molar-refractivity contribution in [2.75, 3.05) is 24.2 Å². The molecule has 0 radical (unpaired) electrons. The van der Waals surface area contributed by atoms with Gasteiger partial charge in [0, 0.05) is 49.5 Å². The minimum atomic E-state index is -0.403. The molecule has 0 amide bonds. The first-order valence-corrected chi connectivity index (χ1v) is 5.87. The number of hydrogen-bond acceptors (Lipinski definition) is 5. The van der Waals surface area contributed by atoms with Crippen molar-refractivity contribution in [2.45, 2.75) is 6.54 Å². The molecule has 19 heavy (non-hydrogen) atoms. The molecule has 7 heteroatoms. The number of hydrogen-bond donors (Lipinski definition) is 2. The van der Waals surface area contributed by atoms with Gasteiger partial charge in [-0.3, -0.25) is 14.8 Å². The summed E-state index contributed by atoms with van der Waals surface area (Å²) < 4.78 is 1.79. The number of benzene rings is 1. The zero-order chi connectivity index (χ0) is 13.7. The standard InChI is InChI=1S/C12H15N5O2/c1-13-10-7-11(9-12(8-10)17(18)19)14-4-6-16-5-2-3-15-16/h2-3,5,7-9,13-14H,4,6H2,1H3. The van der Waals surface area contributed by atoms with E-state index >= 15 is 0 Å². The van der Waals surface area contributed by atoms with Crippen molar-refractivity contribution >= 4 is 17.1 Å². The van der Waals surface area contributed by atoms with Crippen molar-refractivity contribution in [3.8, 4) is 0 Å². The van der Waals surface area contributed by atoms with E-state index < -0.39 is 4.92 Å². The van der Waals surface area contributed by atoms with E-state index in [9.17, 15) is 10.1 Å². The number of rotatable bonds is 6. The summed E-state index contributed by atoms with van der Waals surface area (Å²) >= 11 is 0. The lowest BCUT2D eigenvalue weighted by Gasteiger charge is -2.08. The predicted octanol–water partition coefficient (Wildman–Crippen LogP) is 1.95. The summed E-state index contributed by atoms with van der Waals surface area (Å²) in [6, 6.07) is 6.70. The van der Waals surface area contributed by atoms with Gasteiger partial charge in [0.05, 0.1) is 11.5 Å². The summed E-state index contributed by atoms with van der Waals surface area (Å²) in [6.45, 7) is 1.34. The Morgan fingerprint density at radius 1 is 1.37 bits per heavy atom. The lowest BCUT2D eigenvalue weighted by atomic mass is 10.2. The van der Waals surface area contributed by atoms with Crippen LogP contribution in [0.4, 0.5) is 17.1 Å². The van der Waals surface area contributed by atoms with Gasteiger partial charge in [-0.2, -0.15) is 5.10 Å². The van der Waals surface area contributed by atoms with Crippen LogP contribution in [-0.4, -0.2) is 28.3 Å². The van der Waals surface area contributed by atoms with E-state index in [0.717, 1.165) is 0 Å². The molecular weight excluding hydrogens is 246 g/mol. The van der Waals surface area contributed by atoms with Crippen LogP contribution in [0.1, 0.15) is 0 Å². The van der Waals surface area contributed by atoms with Gasteiger partial charge in [-0.25, -0.2) is 0 Å². The van der Waals surface area contributed by atoms with Gasteiger partial charge in [-0.1, -0.05) is 0 Å². The molecule has 0 spiro atoms. The third kappa shape index (κ3) is 3.44.